The molecule has 27 heavy (non-hydrogen) atoms. The molecule has 138 valence electrons. The molecule has 0 fully saturated rings. The Hall–Kier alpha value is -2.95. The van der Waals surface area contributed by atoms with Crippen LogP contribution in [0, 0.1) is 5.82 Å². The Morgan fingerprint density at radius 1 is 1.00 bits per heavy atom. The first kappa shape index (κ1) is 17.5. The first-order valence-electron chi connectivity index (χ1n) is 9.19. The third kappa shape index (κ3) is 3.63. The number of carbonyl (C=O) groups excluding carboxylic acids is 1. The molecule has 0 unspecified atom stereocenters. The van der Waals surface area contributed by atoms with E-state index in [0.717, 1.165) is 47.8 Å². The topological polar surface area (TPSA) is 48.4 Å². The first-order chi connectivity index (χ1) is 13.2. The van der Waals surface area contributed by atoms with E-state index in [0.29, 0.717) is 5.56 Å². The molecular weight excluding hydrogens is 345 g/mol. The van der Waals surface area contributed by atoms with Gasteiger partial charge in [-0.1, -0.05) is 30.3 Å². The van der Waals surface area contributed by atoms with Crippen LogP contribution in [-0.2, 0) is 17.6 Å². The van der Waals surface area contributed by atoms with Gasteiger partial charge < -0.3 is 9.47 Å². The third-order valence-corrected chi connectivity index (χ3v) is 4.78. The van der Waals surface area contributed by atoms with E-state index in [1.807, 2.05) is 24.3 Å². The van der Waals surface area contributed by atoms with Gasteiger partial charge >= 0.3 is 5.97 Å². The molecule has 0 atom stereocenters. The van der Waals surface area contributed by atoms with Crippen molar-refractivity contribution in [3.63, 3.8) is 0 Å². The smallest absolute Gasteiger partial charge is 0.339 e. The van der Waals surface area contributed by atoms with Crippen LogP contribution in [0.4, 0.5) is 4.39 Å². The lowest BCUT2D eigenvalue weighted by Crippen LogP contribution is -2.18. The number of hydrogen-bond acceptors (Lipinski definition) is 4. The van der Waals surface area contributed by atoms with Crippen LogP contribution in [0.15, 0.2) is 48.5 Å². The molecule has 5 heteroatoms. The van der Waals surface area contributed by atoms with Gasteiger partial charge in [-0.2, -0.15) is 0 Å². The minimum Gasteiger partial charge on any atom is -0.487 e. The van der Waals surface area contributed by atoms with Crippen molar-refractivity contribution in [1.82, 2.24) is 4.98 Å². The maximum Gasteiger partial charge on any atom is 0.339 e. The van der Waals surface area contributed by atoms with Crippen LogP contribution in [0.3, 0.4) is 0 Å². The van der Waals surface area contributed by atoms with Gasteiger partial charge in [-0.3, -0.25) is 4.98 Å². The van der Waals surface area contributed by atoms with E-state index in [4.69, 9.17) is 14.5 Å². The van der Waals surface area contributed by atoms with E-state index in [9.17, 15) is 9.18 Å². The van der Waals surface area contributed by atoms with Crippen LogP contribution in [0.5, 0.6) is 5.75 Å². The molecule has 1 aliphatic carbocycles. The number of hydrogen-bond donors (Lipinski definition) is 0. The third-order valence-electron chi connectivity index (χ3n) is 4.78. The lowest BCUT2D eigenvalue weighted by Gasteiger charge is -2.20. The number of pyridine rings is 1. The predicted octanol–water partition coefficient (Wildman–Crippen LogP) is 4.49. The molecule has 1 aromatic heterocycles. The second-order valence-electron chi connectivity index (χ2n) is 6.55. The van der Waals surface area contributed by atoms with Crippen LogP contribution in [0.2, 0.25) is 0 Å². The number of halogens is 1. The molecule has 0 bridgehead atoms. The summed E-state index contributed by atoms with van der Waals surface area (Å²) in [6.45, 7) is 0.149. The maximum atomic E-state index is 13.6. The van der Waals surface area contributed by atoms with Gasteiger partial charge in [-0.15, -0.1) is 0 Å². The number of esters is 1. The summed E-state index contributed by atoms with van der Waals surface area (Å²) in [4.78, 5) is 17.6. The number of aryl methyl sites for hydroxylation is 1. The summed E-state index contributed by atoms with van der Waals surface area (Å²) < 4.78 is 24.4. The maximum absolute atomic E-state index is 13.6. The fourth-order valence-corrected chi connectivity index (χ4v) is 3.53. The fourth-order valence-electron chi connectivity index (χ4n) is 3.53. The van der Waals surface area contributed by atoms with Crippen molar-refractivity contribution in [2.24, 2.45) is 0 Å². The van der Waals surface area contributed by atoms with E-state index < -0.39 is 5.82 Å². The van der Waals surface area contributed by atoms with E-state index in [-0.39, 0.29) is 24.9 Å². The second kappa shape index (κ2) is 7.74. The monoisotopic (exact) mass is 365 g/mol. The molecule has 0 aliphatic heterocycles. The molecule has 0 amide bonds. The molecule has 0 saturated carbocycles. The molecule has 4 nitrogen and oxygen atoms in total. The number of fused-ring (bicyclic) bond motifs is 2. The highest BCUT2D eigenvalue weighted by Gasteiger charge is 2.23. The molecule has 0 spiro atoms. The van der Waals surface area contributed by atoms with Crippen molar-refractivity contribution < 1.29 is 18.7 Å². The van der Waals surface area contributed by atoms with Crippen molar-refractivity contribution in [3.8, 4) is 5.75 Å². The van der Waals surface area contributed by atoms with Gasteiger partial charge in [0.05, 0.1) is 11.1 Å². The Balaban J connectivity index is 1.51. The van der Waals surface area contributed by atoms with E-state index in [1.165, 1.54) is 6.07 Å². The average Bonchev–Trinajstić information content (AvgIpc) is 2.70. The minimum atomic E-state index is -0.432. The van der Waals surface area contributed by atoms with Gasteiger partial charge in [-0.25, -0.2) is 9.18 Å². The van der Waals surface area contributed by atoms with Crippen molar-refractivity contribution in [2.45, 2.75) is 25.7 Å². The number of aromatic nitrogens is 1. The number of para-hydroxylation sites is 2. The van der Waals surface area contributed by atoms with Gasteiger partial charge in [0, 0.05) is 11.1 Å². The highest BCUT2D eigenvalue weighted by atomic mass is 19.1. The Morgan fingerprint density at radius 2 is 1.78 bits per heavy atom. The largest absolute Gasteiger partial charge is 0.487 e. The van der Waals surface area contributed by atoms with E-state index in [2.05, 4.69) is 0 Å². The van der Waals surface area contributed by atoms with Crippen LogP contribution < -0.4 is 4.74 Å². The van der Waals surface area contributed by atoms with Crippen LogP contribution in [0.1, 0.15) is 34.5 Å². The molecule has 0 N–H and O–H groups in total. The van der Waals surface area contributed by atoms with Gasteiger partial charge in [0.2, 0.25) is 0 Å². The summed E-state index contributed by atoms with van der Waals surface area (Å²) in [5.41, 5.74) is 3.42. The van der Waals surface area contributed by atoms with Gasteiger partial charge in [0.25, 0.3) is 0 Å². The summed E-state index contributed by atoms with van der Waals surface area (Å²) >= 11 is 0. The summed E-state index contributed by atoms with van der Waals surface area (Å²) in [7, 11) is 0. The summed E-state index contributed by atoms with van der Waals surface area (Å²) in [5.74, 6) is -0.651. The Bertz CT molecular complexity index is 986. The molecule has 3 aromatic rings. The second-order valence-corrected chi connectivity index (χ2v) is 6.55. The van der Waals surface area contributed by atoms with Gasteiger partial charge in [-0.05, 0) is 49.4 Å². The summed E-state index contributed by atoms with van der Waals surface area (Å²) in [5, 5.41) is 0.818. The number of rotatable bonds is 5. The van der Waals surface area contributed by atoms with E-state index >= 15 is 0 Å². The van der Waals surface area contributed by atoms with Crippen molar-refractivity contribution in [2.75, 3.05) is 13.2 Å². The van der Waals surface area contributed by atoms with Gasteiger partial charge in [0.1, 0.15) is 13.2 Å². The van der Waals surface area contributed by atoms with Crippen LogP contribution in [-0.4, -0.2) is 24.2 Å². The number of ether oxygens (including phenoxy) is 2. The average molecular weight is 365 g/mol. The highest BCUT2D eigenvalue weighted by molar-refractivity contribution is 6.05. The number of carbonyl (C=O) groups is 1. The fraction of sp³-hybridized carbons (Fsp3) is 0.273. The zero-order valence-corrected chi connectivity index (χ0v) is 14.9. The zero-order chi connectivity index (χ0) is 18.6. The highest BCUT2D eigenvalue weighted by Crippen LogP contribution is 2.29. The van der Waals surface area contributed by atoms with Gasteiger partial charge in [0.15, 0.2) is 11.6 Å². The molecule has 4 rings (SSSR count). The van der Waals surface area contributed by atoms with Crippen molar-refractivity contribution in [1.29, 1.82) is 0 Å². The van der Waals surface area contributed by atoms with Crippen LogP contribution >= 0.6 is 0 Å². The number of benzene rings is 2. The predicted molar refractivity (Wildman–Crippen MR) is 101 cm³/mol. The molecule has 0 saturated heterocycles. The van der Waals surface area contributed by atoms with Crippen LogP contribution in [0.25, 0.3) is 10.9 Å². The summed E-state index contributed by atoms with van der Waals surface area (Å²) in [6, 6.07) is 13.8. The Kier molecular flexibility index (Phi) is 5.01. The Labute approximate surface area is 156 Å². The van der Waals surface area contributed by atoms with Crippen molar-refractivity contribution >= 4 is 16.9 Å². The first-order valence-corrected chi connectivity index (χ1v) is 9.19. The SMILES string of the molecule is O=C(OCCOc1ccccc1F)c1c2c(nc3ccccc13)CCCC2. The lowest BCUT2D eigenvalue weighted by molar-refractivity contribution is 0.0449. The Morgan fingerprint density at radius 3 is 2.67 bits per heavy atom. The standard InChI is InChI=1S/C22H20FNO3/c23-17-9-3-6-12-20(17)26-13-14-27-22(25)21-15-7-1-4-10-18(15)24-19-11-5-2-8-16(19)21/h1,3-4,6-7,9-10,12H,2,5,8,11,13-14H2. The normalized spacial score (nSPS) is 13.2. The number of nitrogens with zero attached hydrogens (tertiary/aromatic N) is 1. The quantitative estimate of drug-likeness (QED) is 0.494. The summed E-state index contributed by atoms with van der Waals surface area (Å²) in [6.07, 6.45) is 3.85. The zero-order valence-electron chi connectivity index (χ0n) is 14.9. The molecule has 1 heterocycles. The van der Waals surface area contributed by atoms with E-state index in [1.54, 1.807) is 18.2 Å². The molecule has 1 aliphatic rings. The molecular formula is C22H20FNO3. The lowest BCUT2D eigenvalue weighted by atomic mass is 9.90. The van der Waals surface area contributed by atoms with Crippen molar-refractivity contribution in [3.05, 3.63) is 71.2 Å². The minimum absolute atomic E-state index is 0.0542. The molecule has 0 radical (unpaired) electrons. The molecule has 2 aromatic carbocycles.